The molecule has 0 aliphatic carbocycles. The van der Waals surface area contributed by atoms with Crippen LogP contribution in [0.2, 0.25) is 0 Å². The van der Waals surface area contributed by atoms with E-state index in [1.807, 2.05) is 0 Å². The van der Waals surface area contributed by atoms with Gasteiger partial charge in [-0.3, -0.25) is 9.80 Å². The normalized spacial score (nSPS) is 23.1. The average Bonchev–Trinajstić information content (AvgIpc) is 2.50. The molecule has 2 fully saturated rings. The van der Waals surface area contributed by atoms with Crippen molar-refractivity contribution in [2.45, 2.75) is 38.3 Å². The Balaban J connectivity index is 1.46. The predicted molar refractivity (Wildman–Crippen MR) is 84.7 cm³/mol. The first-order chi connectivity index (χ1) is 9.81. The van der Waals surface area contributed by atoms with Crippen molar-refractivity contribution in [3.8, 4) is 0 Å². The predicted octanol–water partition coefficient (Wildman–Crippen LogP) is 3.30. The van der Waals surface area contributed by atoms with Crippen LogP contribution >= 0.6 is 0 Å². The molecule has 20 heavy (non-hydrogen) atoms. The van der Waals surface area contributed by atoms with Crippen LogP contribution in [0.5, 0.6) is 0 Å². The van der Waals surface area contributed by atoms with Gasteiger partial charge in [0.2, 0.25) is 0 Å². The van der Waals surface area contributed by atoms with Crippen molar-refractivity contribution in [3.05, 3.63) is 48.0 Å². The summed E-state index contributed by atoms with van der Waals surface area (Å²) in [6, 6.07) is 11.7. The number of rotatable bonds is 3. The average molecular weight is 270 g/mol. The zero-order chi connectivity index (χ0) is 13.8. The van der Waals surface area contributed by atoms with Crippen LogP contribution in [0.3, 0.4) is 0 Å². The van der Waals surface area contributed by atoms with Gasteiger partial charge in [0.25, 0.3) is 0 Å². The van der Waals surface area contributed by atoms with Gasteiger partial charge >= 0.3 is 0 Å². The smallest absolute Gasteiger partial charge is 0.0233 e. The van der Waals surface area contributed by atoms with Crippen LogP contribution in [-0.4, -0.2) is 42.0 Å². The topological polar surface area (TPSA) is 6.48 Å². The highest BCUT2D eigenvalue weighted by atomic mass is 15.2. The lowest BCUT2D eigenvalue weighted by Gasteiger charge is -2.40. The second-order valence-electron chi connectivity index (χ2n) is 6.28. The molecule has 108 valence electrons. The van der Waals surface area contributed by atoms with Crippen LogP contribution in [0, 0.1) is 0 Å². The minimum absolute atomic E-state index is 0.815. The number of benzene rings is 1. The molecular weight excluding hydrogens is 244 g/mol. The maximum Gasteiger partial charge on any atom is 0.0233 e. The second-order valence-corrected chi connectivity index (χ2v) is 6.28. The summed E-state index contributed by atoms with van der Waals surface area (Å²) in [7, 11) is 0. The molecule has 0 spiro atoms. The minimum atomic E-state index is 0.815. The van der Waals surface area contributed by atoms with E-state index in [1.165, 1.54) is 63.0 Å². The second kappa shape index (κ2) is 6.55. The Morgan fingerprint density at radius 3 is 2.25 bits per heavy atom. The Hall–Kier alpha value is -1.12. The molecule has 3 rings (SSSR count). The lowest BCUT2D eigenvalue weighted by molar-refractivity contribution is 0.0985. The summed E-state index contributed by atoms with van der Waals surface area (Å²) < 4.78 is 0. The molecule has 0 saturated carbocycles. The molecule has 0 amide bonds. The van der Waals surface area contributed by atoms with Gasteiger partial charge in [-0.15, -0.1) is 0 Å². The van der Waals surface area contributed by atoms with E-state index in [2.05, 4.69) is 46.7 Å². The van der Waals surface area contributed by atoms with Crippen molar-refractivity contribution >= 4 is 0 Å². The zero-order valence-electron chi connectivity index (χ0n) is 12.4. The van der Waals surface area contributed by atoms with Gasteiger partial charge in [-0.1, -0.05) is 42.5 Å². The van der Waals surface area contributed by atoms with E-state index >= 15 is 0 Å². The van der Waals surface area contributed by atoms with E-state index in [0.29, 0.717) is 0 Å². The third-order valence-electron chi connectivity index (χ3n) is 4.83. The van der Waals surface area contributed by atoms with Gasteiger partial charge in [-0.05, 0) is 44.3 Å². The molecule has 1 aromatic carbocycles. The summed E-state index contributed by atoms with van der Waals surface area (Å²) in [6.45, 7) is 10.2. The van der Waals surface area contributed by atoms with Crippen molar-refractivity contribution in [1.82, 2.24) is 9.80 Å². The first-order valence-electron chi connectivity index (χ1n) is 7.98. The molecule has 2 aliphatic rings. The minimum Gasteiger partial charge on any atom is -0.300 e. The summed E-state index contributed by atoms with van der Waals surface area (Å²) in [6.07, 6.45) is 5.09. The Morgan fingerprint density at radius 1 is 0.950 bits per heavy atom. The van der Waals surface area contributed by atoms with E-state index in [1.54, 1.807) is 0 Å². The Kier molecular flexibility index (Phi) is 4.54. The fraction of sp³-hybridized carbons (Fsp3) is 0.556. The highest BCUT2D eigenvalue weighted by Gasteiger charge is 2.25. The van der Waals surface area contributed by atoms with Gasteiger partial charge in [0, 0.05) is 25.7 Å². The summed E-state index contributed by atoms with van der Waals surface area (Å²) in [5, 5.41) is 0. The first kappa shape index (κ1) is 13.8. The fourth-order valence-corrected chi connectivity index (χ4v) is 3.49. The molecule has 2 heteroatoms. The van der Waals surface area contributed by atoms with E-state index in [0.717, 1.165) is 12.6 Å². The Labute approximate surface area is 123 Å². The van der Waals surface area contributed by atoms with Crippen molar-refractivity contribution in [2.75, 3.05) is 26.2 Å². The quantitative estimate of drug-likeness (QED) is 0.778. The van der Waals surface area contributed by atoms with Crippen LogP contribution in [0.25, 0.3) is 0 Å². The standard InChI is InChI=1S/C18H26N2/c1-16-7-13-20(14-8-16)18-9-11-19(12-10-18)15-17-5-3-2-4-6-17/h2-6,18H,1,7-15H2. The number of nitrogens with zero attached hydrogens (tertiary/aromatic N) is 2. The molecule has 0 radical (unpaired) electrons. The number of likely N-dealkylation sites (tertiary alicyclic amines) is 2. The van der Waals surface area contributed by atoms with Gasteiger partial charge < -0.3 is 0 Å². The van der Waals surface area contributed by atoms with Crippen molar-refractivity contribution < 1.29 is 0 Å². The molecule has 2 aliphatic heterocycles. The van der Waals surface area contributed by atoms with Crippen LogP contribution < -0.4 is 0 Å². The number of hydrogen-bond donors (Lipinski definition) is 0. The highest BCUT2D eigenvalue weighted by Crippen LogP contribution is 2.23. The summed E-state index contributed by atoms with van der Waals surface area (Å²) in [4.78, 5) is 5.31. The molecule has 2 saturated heterocycles. The fourth-order valence-electron chi connectivity index (χ4n) is 3.49. The van der Waals surface area contributed by atoms with Gasteiger partial charge in [0.05, 0.1) is 0 Å². The first-order valence-corrected chi connectivity index (χ1v) is 7.98. The third kappa shape index (κ3) is 3.50. The van der Waals surface area contributed by atoms with Gasteiger partial charge in [-0.25, -0.2) is 0 Å². The summed E-state index contributed by atoms with van der Waals surface area (Å²) >= 11 is 0. The number of hydrogen-bond acceptors (Lipinski definition) is 2. The molecule has 0 atom stereocenters. The molecule has 0 aromatic heterocycles. The SMILES string of the molecule is C=C1CCN(C2CCN(Cc3ccccc3)CC2)CC1. The zero-order valence-corrected chi connectivity index (χ0v) is 12.4. The monoisotopic (exact) mass is 270 g/mol. The summed E-state index contributed by atoms with van der Waals surface area (Å²) in [5.74, 6) is 0. The lowest BCUT2D eigenvalue weighted by atomic mass is 9.98. The van der Waals surface area contributed by atoms with Crippen LogP contribution in [-0.2, 0) is 6.54 Å². The Morgan fingerprint density at radius 2 is 1.60 bits per heavy atom. The third-order valence-corrected chi connectivity index (χ3v) is 4.83. The maximum atomic E-state index is 4.12. The molecule has 2 nitrogen and oxygen atoms in total. The van der Waals surface area contributed by atoms with E-state index in [9.17, 15) is 0 Å². The molecule has 2 heterocycles. The van der Waals surface area contributed by atoms with Crippen LogP contribution in [0.4, 0.5) is 0 Å². The molecule has 0 bridgehead atoms. The summed E-state index contributed by atoms with van der Waals surface area (Å²) in [5.41, 5.74) is 2.89. The highest BCUT2D eigenvalue weighted by molar-refractivity contribution is 5.14. The van der Waals surface area contributed by atoms with Gasteiger partial charge in [-0.2, -0.15) is 0 Å². The molecule has 0 unspecified atom stereocenters. The molecule has 0 N–H and O–H groups in total. The Bertz CT molecular complexity index is 422. The maximum absolute atomic E-state index is 4.12. The van der Waals surface area contributed by atoms with E-state index < -0.39 is 0 Å². The van der Waals surface area contributed by atoms with Crippen LogP contribution in [0.1, 0.15) is 31.2 Å². The largest absolute Gasteiger partial charge is 0.300 e. The van der Waals surface area contributed by atoms with Crippen molar-refractivity contribution in [3.63, 3.8) is 0 Å². The van der Waals surface area contributed by atoms with Crippen LogP contribution in [0.15, 0.2) is 42.5 Å². The molecular formula is C18H26N2. The van der Waals surface area contributed by atoms with Gasteiger partial charge in [0.15, 0.2) is 0 Å². The van der Waals surface area contributed by atoms with Gasteiger partial charge in [0.1, 0.15) is 0 Å². The van der Waals surface area contributed by atoms with Crippen molar-refractivity contribution in [1.29, 1.82) is 0 Å². The lowest BCUT2D eigenvalue weighted by Crippen LogP contribution is -2.46. The van der Waals surface area contributed by atoms with E-state index in [-0.39, 0.29) is 0 Å². The number of piperidine rings is 2. The van der Waals surface area contributed by atoms with Crippen molar-refractivity contribution in [2.24, 2.45) is 0 Å². The van der Waals surface area contributed by atoms with E-state index in [4.69, 9.17) is 0 Å². The molecule has 1 aromatic rings.